The first kappa shape index (κ1) is 18.8. The van der Waals surface area contributed by atoms with Crippen molar-refractivity contribution in [3.63, 3.8) is 0 Å². The maximum atomic E-state index is 9.66. The maximum Gasteiger partial charge on any atom is 0.140 e. The Bertz CT molecular complexity index is 909. The third kappa shape index (κ3) is 4.12. The number of benzene rings is 3. The highest BCUT2D eigenvalue weighted by atomic mass is 32.2. The molecule has 3 aromatic rings. The van der Waals surface area contributed by atoms with Crippen LogP contribution in [-0.2, 0) is 0 Å². The van der Waals surface area contributed by atoms with E-state index in [2.05, 4.69) is 37.3 Å². The molecule has 1 aliphatic rings. The van der Waals surface area contributed by atoms with Crippen LogP contribution in [0.4, 0.5) is 0 Å². The van der Waals surface area contributed by atoms with Gasteiger partial charge in [-0.25, -0.2) is 0 Å². The molecule has 144 valence electrons. The van der Waals surface area contributed by atoms with Gasteiger partial charge in [0.1, 0.15) is 23.4 Å². The fraction of sp³-hybridized carbons (Fsp3) is 0.250. The molecule has 4 rings (SSSR count). The molecule has 0 unspecified atom stereocenters. The number of aromatic hydroxyl groups is 1. The Kier molecular flexibility index (Phi) is 5.77. The fourth-order valence-corrected chi connectivity index (χ4v) is 4.61. The van der Waals surface area contributed by atoms with Gasteiger partial charge in [-0.15, -0.1) is 11.8 Å². The molecule has 0 saturated heterocycles. The van der Waals surface area contributed by atoms with Crippen molar-refractivity contribution in [2.75, 3.05) is 6.61 Å². The van der Waals surface area contributed by atoms with Gasteiger partial charge in [-0.3, -0.25) is 0 Å². The van der Waals surface area contributed by atoms with E-state index < -0.39 is 0 Å². The SMILES string of the molecule is CCCCOc1ccc2c(c1)S[C@@H](c1ccccc1)[C@@H](c1ccc(O)cc1)O2. The minimum atomic E-state index is -0.132. The van der Waals surface area contributed by atoms with Crippen LogP contribution in [0.5, 0.6) is 17.2 Å². The predicted molar refractivity (Wildman–Crippen MR) is 113 cm³/mol. The Morgan fingerprint density at radius 3 is 2.50 bits per heavy atom. The molecule has 3 nitrogen and oxygen atoms in total. The molecule has 0 aromatic heterocycles. The molecule has 0 saturated carbocycles. The number of fused-ring (bicyclic) bond motifs is 1. The number of hydrogen-bond donors (Lipinski definition) is 1. The first-order valence-electron chi connectivity index (χ1n) is 9.68. The summed E-state index contributed by atoms with van der Waals surface area (Å²) >= 11 is 1.80. The quantitative estimate of drug-likeness (QED) is 0.484. The van der Waals surface area contributed by atoms with Crippen LogP contribution in [0, 0.1) is 0 Å². The fourth-order valence-electron chi connectivity index (χ4n) is 3.29. The zero-order valence-corrected chi connectivity index (χ0v) is 16.7. The average Bonchev–Trinajstić information content (AvgIpc) is 2.74. The van der Waals surface area contributed by atoms with E-state index in [0.29, 0.717) is 0 Å². The number of phenols is 1. The Morgan fingerprint density at radius 2 is 1.75 bits per heavy atom. The van der Waals surface area contributed by atoms with Crippen LogP contribution in [0.15, 0.2) is 77.7 Å². The van der Waals surface area contributed by atoms with Crippen molar-refractivity contribution in [2.45, 2.75) is 36.0 Å². The number of ether oxygens (including phenoxy) is 2. The van der Waals surface area contributed by atoms with Gasteiger partial charge >= 0.3 is 0 Å². The molecule has 0 radical (unpaired) electrons. The van der Waals surface area contributed by atoms with Crippen molar-refractivity contribution in [1.29, 1.82) is 0 Å². The molecule has 0 amide bonds. The molecule has 4 heteroatoms. The molecule has 0 bridgehead atoms. The Hall–Kier alpha value is -2.59. The molecular weight excluding hydrogens is 368 g/mol. The van der Waals surface area contributed by atoms with Crippen molar-refractivity contribution in [1.82, 2.24) is 0 Å². The smallest absolute Gasteiger partial charge is 0.140 e. The summed E-state index contributed by atoms with van der Waals surface area (Å²) in [5, 5.41) is 9.77. The lowest BCUT2D eigenvalue weighted by atomic mass is 10.00. The van der Waals surface area contributed by atoms with Crippen molar-refractivity contribution >= 4 is 11.8 Å². The molecule has 0 spiro atoms. The van der Waals surface area contributed by atoms with Crippen molar-refractivity contribution in [3.8, 4) is 17.2 Å². The largest absolute Gasteiger partial charge is 0.508 e. The molecular formula is C24H24O3S. The van der Waals surface area contributed by atoms with E-state index in [1.54, 1.807) is 23.9 Å². The summed E-state index contributed by atoms with van der Waals surface area (Å²) in [6.45, 7) is 2.90. The van der Waals surface area contributed by atoms with Crippen LogP contribution in [0.3, 0.4) is 0 Å². The second-order valence-electron chi connectivity index (χ2n) is 6.89. The van der Waals surface area contributed by atoms with Crippen molar-refractivity contribution in [3.05, 3.63) is 83.9 Å². The molecule has 1 aliphatic heterocycles. The number of unbranched alkanes of at least 4 members (excludes halogenated alkanes) is 1. The van der Waals surface area contributed by atoms with E-state index in [0.717, 1.165) is 41.4 Å². The van der Waals surface area contributed by atoms with Crippen LogP contribution in [-0.4, -0.2) is 11.7 Å². The number of hydrogen-bond acceptors (Lipinski definition) is 4. The molecule has 1 N–H and O–H groups in total. The van der Waals surface area contributed by atoms with E-state index in [1.165, 1.54) is 5.56 Å². The molecule has 2 atom stereocenters. The number of thioether (sulfide) groups is 1. The molecule has 0 fully saturated rings. The van der Waals surface area contributed by atoms with Gasteiger partial charge in [0, 0.05) is 0 Å². The summed E-state index contributed by atoms with van der Waals surface area (Å²) in [4.78, 5) is 1.10. The lowest BCUT2D eigenvalue weighted by Crippen LogP contribution is -2.19. The molecule has 3 aromatic carbocycles. The Morgan fingerprint density at radius 1 is 0.964 bits per heavy atom. The minimum Gasteiger partial charge on any atom is -0.508 e. The molecule has 1 heterocycles. The second kappa shape index (κ2) is 8.61. The van der Waals surface area contributed by atoms with Gasteiger partial charge in [0.2, 0.25) is 0 Å². The summed E-state index contributed by atoms with van der Waals surface area (Å²) in [6, 6.07) is 23.8. The van der Waals surface area contributed by atoms with Crippen LogP contribution in [0.1, 0.15) is 42.2 Å². The van der Waals surface area contributed by atoms with E-state index in [1.807, 2.05) is 30.3 Å². The zero-order valence-electron chi connectivity index (χ0n) is 15.9. The third-order valence-corrected chi connectivity index (χ3v) is 6.16. The standard InChI is InChI=1S/C24H24O3S/c1-2-3-15-26-20-13-14-21-22(16-20)28-24(18-7-5-4-6-8-18)23(27-21)17-9-11-19(25)12-10-17/h4-14,16,23-25H,2-3,15H2,1H3/t23-,24+/m1/s1. The highest BCUT2D eigenvalue weighted by molar-refractivity contribution is 7.99. The topological polar surface area (TPSA) is 38.7 Å². The maximum absolute atomic E-state index is 9.66. The summed E-state index contributed by atoms with van der Waals surface area (Å²) in [5.41, 5.74) is 2.27. The summed E-state index contributed by atoms with van der Waals surface area (Å²) in [5.74, 6) is 2.02. The zero-order chi connectivity index (χ0) is 19.3. The van der Waals surface area contributed by atoms with Crippen LogP contribution in [0.25, 0.3) is 0 Å². The van der Waals surface area contributed by atoms with Gasteiger partial charge in [0.25, 0.3) is 0 Å². The van der Waals surface area contributed by atoms with Gasteiger partial charge < -0.3 is 14.6 Å². The van der Waals surface area contributed by atoms with E-state index in [4.69, 9.17) is 9.47 Å². The van der Waals surface area contributed by atoms with Crippen molar-refractivity contribution in [2.24, 2.45) is 0 Å². The second-order valence-corrected chi connectivity index (χ2v) is 8.07. The predicted octanol–water partition coefficient (Wildman–Crippen LogP) is 6.54. The first-order chi connectivity index (χ1) is 13.7. The average molecular weight is 393 g/mol. The first-order valence-corrected chi connectivity index (χ1v) is 10.6. The summed E-state index contributed by atoms with van der Waals surface area (Å²) in [7, 11) is 0. The van der Waals surface area contributed by atoms with Gasteiger partial charge in [0.05, 0.1) is 16.8 Å². The van der Waals surface area contributed by atoms with Gasteiger partial charge in [-0.1, -0.05) is 55.8 Å². The molecule has 0 aliphatic carbocycles. The monoisotopic (exact) mass is 392 g/mol. The van der Waals surface area contributed by atoms with Gasteiger partial charge in [-0.05, 0) is 47.9 Å². The van der Waals surface area contributed by atoms with Gasteiger partial charge in [0.15, 0.2) is 0 Å². The third-order valence-electron chi connectivity index (χ3n) is 4.81. The van der Waals surface area contributed by atoms with Gasteiger partial charge in [-0.2, -0.15) is 0 Å². The van der Waals surface area contributed by atoms with E-state index >= 15 is 0 Å². The van der Waals surface area contributed by atoms with E-state index in [-0.39, 0.29) is 17.1 Å². The number of phenolic OH excluding ortho intramolecular Hbond substituents is 1. The normalized spacial score (nSPS) is 18.2. The van der Waals surface area contributed by atoms with Crippen LogP contribution >= 0.6 is 11.8 Å². The van der Waals surface area contributed by atoms with Crippen LogP contribution < -0.4 is 9.47 Å². The summed E-state index contributed by atoms with van der Waals surface area (Å²) in [6.07, 6.45) is 2.04. The highest BCUT2D eigenvalue weighted by Gasteiger charge is 2.33. The lowest BCUT2D eigenvalue weighted by molar-refractivity contribution is 0.190. The minimum absolute atomic E-state index is 0.115. The van der Waals surface area contributed by atoms with Crippen molar-refractivity contribution < 1.29 is 14.6 Å². The Labute approximate surface area is 170 Å². The van der Waals surface area contributed by atoms with E-state index in [9.17, 15) is 5.11 Å². The molecule has 28 heavy (non-hydrogen) atoms. The van der Waals surface area contributed by atoms with Crippen LogP contribution in [0.2, 0.25) is 0 Å². The summed E-state index contributed by atoms with van der Waals surface area (Å²) < 4.78 is 12.3. The lowest BCUT2D eigenvalue weighted by Gasteiger charge is -2.34. The highest BCUT2D eigenvalue weighted by Crippen LogP contribution is 2.53. The Balaban J connectivity index is 1.66. The number of rotatable bonds is 6.